The maximum atomic E-state index is 12.2. The van der Waals surface area contributed by atoms with Crippen molar-refractivity contribution in [2.75, 3.05) is 0 Å². The third-order valence-corrected chi connectivity index (χ3v) is 1.78. The van der Waals surface area contributed by atoms with Gasteiger partial charge in [0.2, 0.25) is 0 Å². The summed E-state index contributed by atoms with van der Waals surface area (Å²) >= 11 is 4.64. The molecule has 0 bridgehead atoms. The van der Waals surface area contributed by atoms with Gasteiger partial charge in [-0.15, -0.1) is 0 Å². The molecule has 0 N–H and O–H groups in total. The van der Waals surface area contributed by atoms with E-state index in [2.05, 4.69) is 11.6 Å². The summed E-state index contributed by atoms with van der Waals surface area (Å²) in [6, 6.07) is 8.25. The molecule has 82 valence electrons. The first-order valence-electron chi connectivity index (χ1n) is 4.30. The Bertz CT molecular complexity index is 322. The van der Waals surface area contributed by atoms with Crippen molar-refractivity contribution >= 4 is 17.6 Å². The number of carbonyl (C=O) groups excluding carboxylic acids is 1. The second-order valence-electron chi connectivity index (χ2n) is 2.90. The summed E-state index contributed by atoms with van der Waals surface area (Å²) in [4.78, 5) is 11.0. The lowest BCUT2D eigenvalue weighted by molar-refractivity contribution is -0.135. The van der Waals surface area contributed by atoms with E-state index in [1.807, 2.05) is 0 Å². The lowest BCUT2D eigenvalue weighted by Gasteiger charge is -2.07. The quantitative estimate of drug-likeness (QED) is 0.454. The maximum Gasteiger partial charge on any atom is 0.322 e. The summed E-state index contributed by atoms with van der Waals surface area (Å²) in [5.41, 5.74) is 0. The highest BCUT2D eigenvalue weighted by molar-refractivity contribution is 6.21. The van der Waals surface area contributed by atoms with Crippen molar-refractivity contribution < 1.29 is 18.3 Å². The Balaban J connectivity index is 2.38. The number of benzene rings is 1. The van der Waals surface area contributed by atoms with E-state index in [0.29, 0.717) is 5.75 Å². The minimum atomic E-state index is -3.35. The molecule has 0 aromatic heterocycles. The van der Waals surface area contributed by atoms with Gasteiger partial charge in [0.15, 0.2) is 0 Å². The van der Waals surface area contributed by atoms with Crippen molar-refractivity contribution in [3.05, 3.63) is 30.3 Å². The number of carbonyl (C=O) groups is 1. The molecule has 0 fully saturated rings. The van der Waals surface area contributed by atoms with Gasteiger partial charge >= 0.3 is 11.4 Å². The van der Waals surface area contributed by atoms with Crippen molar-refractivity contribution in [3.8, 4) is 5.75 Å². The lowest BCUT2D eigenvalue weighted by Crippen LogP contribution is -2.13. The summed E-state index contributed by atoms with van der Waals surface area (Å²) < 4.78 is 29.1. The van der Waals surface area contributed by atoms with Crippen LogP contribution in [-0.2, 0) is 4.79 Å². The molecule has 2 nitrogen and oxygen atoms in total. The zero-order valence-electron chi connectivity index (χ0n) is 7.75. The van der Waals surface area contributed by atoms with E-state index in [4.69, 9.17) is 4.74 Å². The Morgan fingerprint density at radius 3 is 2.47 bits per heavy atom. The number of alkyl halides is 3. The van der Waals surface area contributed by atoms with E-state index < -0.39 is 24.2 Å². The second-order valence-corrected chi connectivity index (χ2v) is 3.46. The monoisotopic (exact) mass is 234 g/mol. The fourth-order valence-electron chi connectivity index (χ4n) is 0.915. The first-order valence-corrected chi connectivity index (χ1v) is 4.68. The molecular weight excluding hydrogens is 226 g/mol. The molecule has 0 saturated heterocycles. The summed E-state index contributed by atoms with van der Waals surface area (Å²) in [7, 11) is 0. The fraction of sp³-hybridized carbons (Fsp3) is 0.300. The zero-order chi connectivity index (χ0) is 11.3. The Morgan fingerprint density at radius 1 is 1.33 bits per heavy atom. The van der Waals surface area contributed by atoms with E-state index >= 15 is 0 Å². The molecule has 0 amide bonds. The van der Waals surface area contributed by atoms with Gasteiger partial charge in [-0.05, 0) is 23.7 Å². The molecule has 1 aromatic rings. The van der Waals surface area contributed by atoms with Gasteiger partial charge in [-0.1, -0.05) is 18.2 Å². The van der Waals surface area contributed by atoms with Gasteiger partial charge in [0.05, 0.1) is 6.42 Å². The van der Waals surface area contributed by atoms with Crippen molar-refractivity contribution in [1.29, 1.82) is 0 Å². The molecule has 0 atom stereocenters. The molecular formula is C10H9ClF2O2. The highest BCUT2D eigenvalue weighted by atomic mass is 35.5. The Kier molecular flexibility index (Phi) is 4.03. The van der Waals surface area contributed by atoms with Crippen LogP contribution in [0.5, 0.6) is 5.75 Å². The second kappa shape index (κ2) is 5.07. The summed E-state index contributed by atoms with van der Waals surface area (Å²) in [6.07, 6.45) is -1.13. The topological polar surface area (TPSA) is 26.3 Å². The van der Waals surface area contributed by atoms with Gasteiger partial charge < -0.3 is 4.74 Å². The lowest BCUT2D eigenvalue weighted by atomic mass is 10.3. The third-order valence-electron chi connectivity index (χ3n) is 1.59. The molecule has 5 heteroatoms. The van der Waals surface area contributed by atoms with Crippen LogP contribution in [0.15, 0.2) is 30.3 Å². The Labute approximate surface area is 90.8 Å². The molecule has 0 unspecified atom stereocenters. The van der Waals surface area contributed by atoms with Crippen LogP contribution < -0.4 is 4.74 Å². The number of halogens is 3. The van der Waals surface area contributed by atoms with E-state index in [1.165, 1.54) is 0 Å². The summed E-state index contributed by atoms with van der Waals surface area (Å²) in [5, 5.41) is -3.35. The van der Waals surface area contributed by atoms with Crippen molar-refractivity contribution in [2.24, 2.45) is 0 Å². The summed E-state index contributed by atoms with van der Waals surface area (Å²) in [6.45, 7) is 0. The molecule has 1 rings (SSSR count). The molecule has 0 aliphatic heterocycles. The Morgan fingerprint density at radius 2 is 1.93 bits per heavy atom. The maximum absolute atomic E-state index is 12.2. The number of ether oxygens (including phenoxy) is 1. The van der Waals surface area contributed by atoms with Crippen molar-refractivity contribution in [1.82, 2.24) is 0 Å². The molecule has 0 aliphatic rings. The van der Waals surface area contributed by atoms with Gasteiger partial charge in [0.25, 0.3) is 0 Å². The molecule has 0 saturated carbocycles. The fourth-order valence-corrected chi connectivity index (χ4v) is 1.01. The minimum absolute atomic E-state index is 0.334. The van der Waals surface area contributed by atoms with Crippen LogP contribution in [0.3, 0.4) is 0 Å². The van der Waals surface area contributed by atoms with Crippen LogP contribution >= 0.6 is 11.6 Å². The van der Waals surface area contributed by atoms with E-state index in [0.717, 1.165) is 0 Å². The molecule has 0 radical (unpaired) electrons. The SMILES string of the molecule is O=C(CCC(F)(F)Cl)Oc1ccccc1. The highest BCUT2D eigenvalue weighted by Crippen LogP contribution is 2.25. The van der Waals surface area contributed by atoms with Crippen molar-refractivity contribution in [3.63, 3.8) is 0 Å². The zero-order valence-corrected chi connectivity index (χ0v) is 8.51. The molecule has 1 aromatic carbocycles. The van der Waals surface area contributed by atoms with Gasteiger partial charge in [0, 0.05) is 6.42 Å². The normalized spacial score (nSPS) is 11.1. The van der Waals surface area contributed by atoms with Crippen molar-refractivity contribution in [2.45, 2.75) is 18.2 Å². The average Bonchev–Trinajstić information content (AvgIpc) is 2.15. The highest BCUT2D eigenvalue weighted by Gasteiger charge is 2.25. The predicted molar refractivity (Wildman–Crippen MR) is 52.1 cm³/mol. The van der Waals surface area contributed by atoms with Crippen LogP contribution in [0.25, 0.3) is 0 Å². The van der Waals surface area contributed by atoms with Gasteiger partial charge in [-0.2, -0.15) is 8.78 Å². The van der Waals surface area contributed by atoms with E-state index in [-0.39, 0.29) is 0 Å². The number of hydrogen-bond acceptors (Lipinski definition) is 2. The van der Waals surface area contributed by atoms with Crippen LogP contribution in [0.4, 0.5) is 8.78 Å². The summed E-state index contributed by atoms with van der Waals surface area (Å²) in [5.74, 6) is -0.387. The first-order chi connectivity index (χ1) is 6.97. The predicted octanol–water partition coefficient (Wildman–Crippen LogP) is 3.20. The smallest absolute Gasteiger partial charge is 0.322 e. The van der Waals surface area contributed by atoms with Gasteiger partial charge in [0.1, 0.15) is 5.75 Å². The van der Waals surface area contributed by atoms with Gasteiger partial charge in [-0.25, -0.2) is 0 Å². The van der Waals surface area contributed by atoms with Gasteiger partial charge in [-0.3, -0.25) is 4.79 Å². The van der Waals surface area contributed by atoms with E-state index in [1.54, 1.807) is 30.3 Å². The molecule has 0 aliphatic carbocycles. The number of esters is 1. The molecule has 15 heavy (non-hydrogen) atoms. The number of rotatable bonds is 4. The molecule has 0 heterocycles. The van der Waals surface area contributed by atoms with E-state index in [9.17, 15) is 13.6 Å². The largest absolute Gasteiger partial charge is 0.427 e. The average molecular weight is 235 g/mol. The van der Waals surface area contributed by atoms with Crippen LogP contribution in [0, 0.1) is 0 Å². The number of hydrogen-bond donors (Lipinski definition) is 0. The van der Waals surface area contributed by atoms with Crippen LogP contribution in [0.2, 0.25) is 0 Å². The van der Waals surface area contributed by atoms with Crippen LogP contribution in [-0.4, -0.2) is 11.4 Å². The van der Waals surface area contributed by atoms with Crippen LogP contribution in [0.1, 0.15) is 12.8 Å². The number of para-hydroxylation sites is 1. The third kappa shape index (κ3) is 5.32. The molecule has 0 spiro atoms. The standard InChI is InChI=1S/C10H9ClF2O2/c11-10(12,13)7-6-9(14)15-8-4-2-1-3-5-8/h1-5H,6-7H2. The Hall–Kier alpha value is -1.16. The first kappa shape index (κ1) is 11.9. The minimum Gasteiger partial charge on any atom is -0.427 e.